The predicted molar refractivity (Wildman–Crippen MR) is 128 cm³/mol. The van der Waals surface area contributed by atoms with E-state index in [1.54, 1.807) is 25.1 Å². The average molecular weight is 506 g/mol. The molecule has 3 amide bonds. The van der Waals surface area contributed by atoms with Crippen LogP contribution in [0.25, 0.3) is 0 Å². The number of amides is 3. The SMILES string of the molecule is Cc1cc(NC(=O)C(=O)NCCc2ccc(S(N)(=O)=O)cc2)n(C2NC(=O)CC(C(C)(C)C)N2)n1. The van der Waals surface area contributed by atoms with Gasteiger partial charge in [-0.25, -0.2) is 18.2 Å². The van der Waals surface area contributed by atoms with Crippen LogP contribution in [0.3, 0.4) is 0 Å². The molecule has 2 unspecified atom stereocenters. The molecule has 1 fully saturated rings. The number of carbonyl (C=O) groups is 3. The standard InChI is InChI=1S/C22H31N7O5S/c1-13-11-17(29(28-13)21-25-16(22(2,3)4)12-18(30)27-21)26-20(32)19(31)24-10-9-14-5-7-15(8-6-14)35(23,33)34/h5-8,11,16,21,25H,9-10,12H2,1-4H3,(H,24,31)(H,26,32)(H,27,30)(H2,23,33,34). The fourth-order valence-electron chi connectivity index (χ4n) is 3.60. The van der Waals surface area contributed by atoms with Gasteiger partial charge in [0.05, 0.1) is 10.6 Å². The van der Waals surface area contributed by atoms with E-state index in [0.29, 0.717) is 18.5 Å². The van der Waals surface area contributed by atoms with Crippen molar-refractivity contribution in [3.8, 4) is 0 Å². The Morgan fingerprint density at radius 2 is 1.86 bits per heavy atom. The van der Waals surface area contributed by atoms with Gasteiger partial charge in [-0.1, -0.05) is 32.9 Å². The summed E-state index contributed by atoms with van der Waals surface area (Å²) in [5.41, 5.74) is 1.18. The van der Waals surface area contributed by atoms with Crippen molar-refractivity contribution in [1.82, 2.24) is 25.7 Å². The van der Waals surface area contributed by atoms with Gasteiger partial charge in [0, 0.05) is 25.1 Å². The molecule has 6 N–H and O–H groups in total. The first-order chi connectivity index (χ1) is 16.2. The van der Waals surface area contributed by atoms with Gasteiger partial charge in [0.2, 0.25) is 15.9 Å². The summed E-state index contributed by atoms with van der Waals surface area (Å²) in [4.78, 5) is 37.1. The van der Waals surface area contributed by atoms with E-state index < -0.39 is 28.1 Å². The van der Waals surface area contributed by atoms with Gasteiger partial charge in [-0.05, 0) is 36.5 Å². The van der Waals surface area contributed by atoms with Crippen molar-refractivity contribution in [2.75, 3.05) is 11.9 Å². The molecule has 35 heavy (non-hydrogen) atoms. The number of nitrogens with one attached hydrogen (secondary N) is 4. The van der Waals surface area contributed by atoms with Crippen molar-refractivity contribution in [3.05, 3.63) is 41.6 Å². The summed E-state index contributed by atoms with van der Waals surface area (Å²) in [6, 6.07) is 7.42. The molecule has 1 aliphatic heterocycles. The van der Waals surface area contributed by atoms with E-state index in [-0.39, 0.29) is 34.6 Å². The Morgan fingerprint density at radius 3 is 2.46 bits per heavy atom. The zero-order chi connectivity index (χ0) is 26.0. The zero-order valence-electron chi connectivity index (χ0n) is 20.1. The monoisotopic (exact) mass is 505 g/mol. The molecule has 1 saturated heterocycles. The van der Waals surface area contributed by atoms with Crippen LogP contribution in [-0.2, 0) is 30.8 Å². The fourth-order valence-corrected chi connectivity index (χ4v) is 4.12. The molecule has 0 aliphatic carbocycles. The van der Waals surface area contributed by atoms with Crippen LogP contribution < -0.4 is 26.4 Å². The second kappa shape index (κ2) is 10.1. The Bertz CT molecular complexity index is 1220. The molecular weight excluding hydrogens is 474 g/mol. The number of rotatable bonds is 6. The highest BCUT2D eigenvalue weighted by Gasteiger charge is 2.35. The van der Waals surface area contributed by atoms with E-state index in [9.17, 15) is 22.8 Å². The van der Waals surface area contributed by atoms with Crippen LogP contribution in [0, 0.1) is 12.3 Å². The number of benzene rings is 1. The Kier molecular flexibility index (Phi) is 7.62. The smallest absolute Gasteiger partial charge is 0.314 e. The first-order valence-corrected chi connectivity index (χ1v) is 12.6. The third kappa shape index (κ3) is 6.87. The van der Waals surface area contributed by atoms with Crippen molar-refractivity contribution in [3.63, 3.8) is 0 Å². The number of primary sulfonamides is 1. The summed E-state index contributed by atoms with van der Waals surface area (Å²) < 4.78 is 24.1. The summed E-state index contributed by atoms with van der Waals surface area (Å²) in [7, 11) is -3.78. The molecular formula is C22H31N7O5S. The molecule has 2 aromatic rings. The largest absolute Gasteiger partial charge is 0.347 e. The number of nitrogens with two attached hydrogens (primary N) is 1. The summed E-state index contributed by atoms with van der Waals surface area (Å²) in [6.07, 6.45) is 0.00953. The van der Waals surface area contributed by atoms with Gasteiger partial charge in [0.1, 0.15) is 5.82 Å². The zero-order valence-corrected chi connectivity index (χ0v) is 20.9. The van der Waals surface area contributed by atoms with E-state index in [4.69, 9.17) is 5.14 Å². The Balaban J connectivity index is 1.60. The van der Waals surface area contributed by atoms with E-state index >= 15 is 0 Å². The molecule has 0 spiro atoms. The third-order valence-corrected chi connectivity index (χ3v) is 6.52. The van der Waals surface area contributed by atoms with Crippen LogP contribution in [0.1, 0.15) is 44.7 Å². The first-order valence-electron chi connectivity index (χ1n) is 11.1. The average Bonchev–Trinajstić information content (AvgIpc) is 3.12. The second-order valence-corrected chi connectivity index (χ2v) is 11.1. The minimum atomic E-state index is -3.78. The molecule has 0 bridgehead atoms. The Hall–Kier alpha value is -3.29. The van der Waals surface area contributed by atoms with Gasteiger partial charge in [0.15, 0.2) is 6.29 Å². The quantitative estimate of drug-likeness (QED) is 0.346. The van der Waals surface area contributed by atoms with Gasteiger partial charge in [-0.15, -0.1) is 0 Å². The number of sulfonamides is 1. The lowest BCUT2D eigenvalue weighted by molar-refractivity contribution is -0.136. The number of aromatic nitrogens is 2. The number of hydrogen-bond donors (Lipinski definition) is 5. The van der Waals surface area contributed by atoms with Gasteiger partial charge >= 0.3 is 11.8 Å². The van der Waals surface area contributed by atoms with Crippen LogP contribution >= 0.6 is 0 Å². The van der Waals surface area contributed by atoms with E-state index in [0.717, 1.165) is 5.56 Å². The molecule has 0 saturated carbocycles. The summed E-state index contributed by atoms with van der Waals surface area (Å²) in [5, 5.41) is 20.7. The maximum Gasteiger partial charge on any atom is 0.314 e. The molecule has 0 radical (unpaired) electrons. The van der Waals surface area contributed by atoms with E-state index in [1.807, 2.05) is 20.8 Å². The van der Waals surface area contributed by atoms with E-state index in [1.165, 1.54) is 16.8 Å². The fraction of sp³-hybridized carbons (Fsp3) is 0.455. The Morgan fingerprint density at radius 1 is 1.20 bits per heavy atom. The van der Waals surface area contributed by atoms with Gasteiger partial charge in [0.25, 0.3) is 0 Å². The minimum absolute atomic E-state index is 0.00552. The highest BCUT2D eigenvalue weighted by Crippen LogP contribution is 2.27. The summed E-state index contributed by atoms with van der Waals surface area (Å²) >= 11 is 0. The lowest BCUT2D eigenvalue weighted by atomic mass is 9.84. The van der Waals surface area contributed by atoms with Crippen molar-refractivity contribution in [2.45, 2.75) is 57.8 Å². The summed E-state index contributed by atoms with van der Waals surface area (Å²) in [5.74, 6) is -1.61. The predicted octanol–water partition coefficient (Wildman–Crippen LogP) is 0.117. The highest BCUT2D eigenvalue weighted by atomic mass is 32.2. The number of nitrogens with zero attached hydrogens (tertiary/aromatic N) is 2. The van der Waals surface area contributed by atoms with Crippen LogP contribution in [0.5, 0.6) is 0 Å². The van der Waals surface area contributed by atoms with Crippen LogP contribution in [0.15, 0.2) is 35.2 Å². The molecule has 1 aliphatic rings. The molecule has 2 heterocycles. The van der Waals surface area contributed by atoms with Gasteiger partial charge in [-0.3, -0.25) is 19.7 Å². The van der Waals surface area contributed by atoms with Gasteiger partial charge < -0.3 is 16.0 Å². The topological polar surface area (TPSA) is 177 Å². The molecule has 2 atom stereocenters. The lowest BCUT2D eigenvalue weighted by Crippen LogP contribution is -2.57. The highest BCUT2D eigenvalue weighted by molar-refractivity contribution is 7.89. The molecule has 190 valence electrons. The van der Waals surface area contributed by atoms with Crippen molar-refractivity contribution in [1.29, 1.82) is 0 Å². The molecule has 12 nitrogen and oxygen atoms in total. The van der Waals surface area contributed by atoms with Gasteiger partial charge in [-0.2, -0.15) is 5.10 Å². The molecule has 3 rings (SSSR count). The van der Waals surface area contributed by atoms with Crippen molar-refractivity contribution < 1.29 is 22.8 Å². The number of anilines is 1. The molecule has 1 aromatic carbocycles. The minimum Gasteiger partial charge on any atom is -0.347 e. The summed E-state index contributed by atoms with van der Waals surface area (Å²) in [6.45, 7) is 7.97. The Labute approximate surface area is 204 Å². The maximum atomic E-state index is 12.5. The second-order valence-electron chi connectivity index (χ2n) is 9.52. The third-order valence-electron chi connectivity index (χ3n) is 5.59. The number of aryl methyl sites for hydroxylation is 1. The first kappa shape index (κ1) is 26.3. The molecule has 13 heteroatoms. The lowest BCUT2D eigenvalue weighted by Gasteiger charge is -2.39. The van der Waals surface area contributed by atoms with Crippen molar-refractivity contribution >= 4 is 33.6 Å². The van der Waals surface area contributed by atoms with Crippen molar-refractivity contribution in [2.24, 2.45) is 10.6 Å². The normalized spacial score (nSPS) is 18.6. The number of hydrogen-bond acceptors (Lipinski definition) is 7. The van der Waals surface area contributed by atoms with Crippen LogP contribution in [-0.4, -0.2) is 48.5 Å². The van der Waals surface area contributed by atoms with Crippen LogP contribution in [0.2, 0.25) is 0 Å². The van der Waals surface area contributed by atoms with E-state index in [2.05, 4.69) is 26.4 Å². The maximum absolute atomic E-state index is 12.5. The number of carbonyl (C=O) groups excluding carboxylic acids is 3. The molecule has 1 aromatic heterocycles. The van der Waals surface area contributed by atoms with Crippen LogP contribution in [0.4, 0.5) is 5.82 Å².